The molecule has 0 spiro atoms. The Balaban J connectivity index is 1.74. The lowest BCUT2D eigenvalue weighted by Crippen LogP contribution is -2.43. The van der Waals surface area contributed by atoms with Gasteiger partial charge in [-0.05, 0) is 43.6 Å². The lowest BCUT2D eigenvalue weighted by molar-refractivity contribution is -0.133. The topological polar surface area (TPSA) is 37.4 Å². The second-order valence-corrected chi connectivity index (χ2v) is 7.68. The molecule has 120 valence electrons. The molecule has 24 heavy (non-hydrogen) atoms. The van der Waals surface area contributed by atoms with E-state index in [2.05, 4.69) is 12.2 Å². The summed E-state index contributed by atoms with van der Waals surface area (Å²) < 4.78 is 0. The van der Waals surface area contributed by atoms with Gasteiger partial charge in [0.15, 0.2) is 0 Å². The minimum atomic E-state index is -0.625. The third kappa shape index (κ3) is 1.28. The molecule has 2 fully saturated rings. The molecule has 3 heteroatoms. The van der Waals surface area contributed by atoms with E-state index in [4.69, 9.17) is 0 Å². The van der Waals surface area contributed by atoms with Gasteiger partial charge in [0.05, 0.1) is 16.5 Å². The summed E-state index contributed by atoms with van der Waals surface area (Å²) in [4.78, 5) is 28.3. The summed E-state index contributed by atoms with van der Waals surface area (Å²) >= 11 is 0. The minimum absolute atomic E-state index is 0.0387. The molecule has 2 aliphatic carbocycles. The van der Waals surface area contributed by atoms with E-state index in [0.29, 0.717) is 0 Å². The number of anilines is 1. The van der Waals surface area contributed by atoms with Gasteiger partial charge in [0, 0.05) is 5.39 Å². The maximum atomic E-state index is 13.4. The molecule has 4 unspecified atom stereocenters. The Kier molecular flexibility index (Phi) is 2.42. The molecular formula is C21H19NO2. The van der Waals surface area contributed by atoms with E-state index in [1.165, 1.54) is 4.90 Å². The minimum Gasteiger partial charge on any atom is -0.273 e. The van der Waals surface area contributed by atoms with Crippen molar-refractivity contribution in [2.24, 2.45) is 22.7 Å². The number of benzene rings is 2. The van der Waals surface area contributed by atoms with E-state index < -0.39 is 10.8 Å². The number of imide groups is 1. The number of fused-ring (bicyclic) bond motifs is 6. The van der Waals surface area contributed by atoms with Crippen LogP contribution in [0.1, 0.15) is 20.3 Å². The first-order chi connectivity index (χ1) is 11.5. The third-order valence-corrected chi connectivity index (χ3v) is 6.95. The van der Waals surface area contributed by atoms with Crippen LogP contribution >= 0.6 is 0 Å². The van der Waals surface area contributed by atoms with Crippen molar-refractivity contribution in [1.29, 1.82) is 0 Å². The quantitative estimate of drug-likeness (QED) is 0.590. The summed E-state index contributed by atoms with van der Waals surface area (Å²) in [5.41, 5.74) is -0.527. The van der Waals surface area contributed by atoms with Crippen LogP contribution in [-0.4, -0.2) is 11.8 Å². The van der Waals surface area contributed by atoms with E-state index in [9.17, 15) is 9.59 Å². The molecular weight excluding hydrogens is 298 g/mol. The highest BCUT2D eigenvalue weighted by atomic mass is 16.2. The van der Waals surface area contributed by atoms with Crippen molar-refractivity contribution in [3.63, 3.8) is 0 Å². The van der Waals surface area contributed by atoms with Crippen LogP contribution in [0.2, 0.25) is 0 Å². The van der Waals surface area contributed by atoms with Crippen LogP contribution in [0, 0.1) is 22.7 Å². The number of rotatable bonds is 1. The van der Waals surface area contributed by atoms with Gasteiger partial charge in [-0.2, -0.15) is 0 Å². The van der Waals surface area contributed by atoms with Gasteiger partial charge in [-0.15, -0.1) is 0 Å². The zero-order valence-corrected chi connectivity index (χ0v) is 13.8. The number of nitrogens with zero attached hydrogens (tertiary/aromatic N) is 1. The molecule has 2 amide bonds. The summed E-state index contributed by atoms with van der Waals surface area (Å²) in [5.74, 6) is 0.263. The van der Waals surface area contributed by atoms with Gasteiger partial charge < -0.3 is 0 Å². The molecule has 1 aliphatic heterocycles. The predicted octanol–water partition coefficient (Wildman–Crippen LogP) is 3.93. The van der Waals surface area contributed by atoms with E-state index in [1.807, 2.05) is 56.3 Å². The lowest BCUT2D eigenvalue weighted by Gasteiger charge is -2.36. The van der Waals surface area contributed by atoms with Crippen molar-refractivity contribution in [3.05, 3.63) is 54.6 Å². The third-order valence-electron chi connectivity index (χ3n) is 6.95. The Hall–Kier alpha value is -2.42. The standard InChI is InChI=1S/C21H19NO2/c1-20-14-10-11-15(12-14)21(20,2)19(24)22(18(20)23)17-9-5-7-13-6-3-4-8-16(13)17/h3-11,14-15H,12H2,1-2H3. The van der Waals surface area contributed by atoms with Gasteiger partial charge in [-0.1, -0.05) is 48.6 Å². The fourth-order valence-corrected chi connectivity index (χ4v) is 5.27. The van der Waals surface area contributed by atoms with Crippen molar-refractivity contribution < 1.29 is 9.59 Å². The first kappa shape index (κ1) is 14.0. The van der Waals surface area contributed by atoms with E-state index >= 15 is 0 Å². The predicted molar refractivity (Wildman–Crippen MR) is 93.4 cm³/mol. The first-order valence-corrected chi connectivity index (χ1v) is 8.54. The molecule has 0 aromatic heterocycles. The molecule has 2 aromatic rings. The lowest BCUT2D eigenvalue weighted by atomic mass is 9.61. The van der Waals surface area contributed by atoms with Gasteiger partial charge in [-0.3, -0.25) is 9.59 Å². The van der Waals surface area contributed by atoms with Crippen molar-refractivity contribution in [2.45, 2.75) is 20.3 Å². The summed E-state index contributed by atoms with van der Waals surface area (Å²) in [5, 5.41) is 2.00. The number of amides is 2. The van der Waals surface area contributed by atoms with Crippen LogP contribution in [-0.2, 0) is 9.59 Å². The van der Waals surface area contributed by atoms with Crippen LogP contribution in [0.15, 0.2) is 54.6 Å². The molecule has 0 radical (unpaired) electrons. The molecule has 3 nitrogen and oxygen atoms in total. The van der Waals surface area contributed by atoms with Crippen molar-refractivity contribution in [1.82, 2.24) is 0 Å². The van der Waals surface area contributed by atoms with Gasteiger partial charge in [-0.25, -0.2) is 4.90 Å². The first-order valence-electron chi connectivity index (χ1n) is 8.54. The maximum Gasteiger partial charge on any atom is 0.241 e. The van der Waals surface area contributed by atoms with Gasteiger partial charge in [0.2, 0.25) is 11.8 Å². The number of hydrogen-bond donors (Lipinski definition) is 0. The fourth-order valence-electron chi connectivity index (χ4n) is 5.27. The SMILES string of the molecule is CC12C(=O)N(c3cccc4ccccc34)C(=O)C1(C)C1C=CC2C1. The summed E-state index contributed by atoms with van der Waals surface area (Å²) in [6.07, 6.45) is 5.21. The Morgan fingerprint density at radius 1 is 0.875 bits per heavy atom. The summed E-state index contributed by atoms with van der Waals surface area (Å²) in [6, 6.07) is 13.7. The molecule has 1 saturated carbocycles. The van der Waals surface area contributed by atoms with Crippen molar-refractivity contribution >= 4 is 28.3 Å². The van der Waals surface area contributed by atoms with E-state index in [1.54, 1.807) is 0 Å². The van der Waals surface area contributed by atoms with Crippen LogP contribution in [0.25, 0.3) is 10.8 Å². The fraction of sp³-hybridized carbons (Fsp3) is 0.333. The maximum absolute atomic E-state index is 13.4. The van der Waals surface area contributed by atoms with Gasteiger partial charge in [0.25, 0.3) is 0 Å². The zero-order chi connectivity index (χ0) is 16.7. The molecule has 1 saturated heterocycles. The average molecular weight is 317 g/mol. The highest BCUT2D eigenvalue weighted by molar-refractivity contribution is 6.28. The van der Waals surface area contributed by atoms with E-state index in [0.717, 1.165) is 22.9 Å². The number of hydrogen-bond acceptors (Lipinski definition) is 2. The Bertz CT molecular complexity index is 905. The Labute approximate surface area is 141 Å². The van der Waals surface area contributed by atoms with Crippen molar-refractivity contribution in [3.8, 4) is 0 Å². The largest absolute Gasteiger partial charge is 0.273 e. The Morgan fingerprint density at radius 2 is 1.46 bits per heavy atom. The number of allylic oxidation sites excluding steroid dienone is 2. The molecule has 2 bridgehead atoms. The monoisotopic (exact) mass is 317 g/mol. The highest BCUT2D eigenvalue weighted by Crippen LogP contribution is 2.68. The highest BCUT2D eigenvalue weighted by Gasteiger charge is 2.74. The van der Waals surface area contributed by atoms with Gasteiger partial charge >= 0.3 is 0 Å². The smallest absolute Gasteiger partial charge is 0.241 e. The molecule has 2 aromatic carbocycles. The molecule has 1 heterocycles. The molecule has 0 N–H and O–H groups in total. The van der Waals surface area contributed by atoms with Crippen LogP contribution in [0.3, 0.4) is 0 Å². The number of carbonyl (C=O) groups is 2. The van der Waals surface area contributed by atoms with Gasteiger partial charge in [0.1, 0.15) is 0 Å². The van der Waals surface area contributed by atoms with E-state index in [-0.39, 0.29) is 23.7 Å². The normalized spacial score (nSPS) is 36.8. The average Bonchev–Trinajstić information content (AvgIpc) is 3.21. The van der Waals surface area contributed by atoms with Crippen LogP contribution in [0.5, 0.6) is 0 Å². The van der Waals surface area contributed by atoms with Crippen LogP contribution < -0.4 is 4.90 Å². The summed E-state index contributed by atoms with van der Waals surface area (Å²) in [6.45, 7) is 3.99. The number of carbonyl (C=O) groups excluding carboxylic acids is 2. The summed E-state index contributed by atoms with van der Waals surface area (Å²) in [7, 11) is 0. The van der Waals surface area contributed by atoms with Crippen molar-refractivity contribution in [2.75, 3.05) is 4.90 Å². The second-order valence-electron chi connectivity index (χ2n) is 7.68. The molecule has 4 atom stereocenters. The molecule has 3 aliphatic rings. The second kappa shape index (κ2) is 4.15. The zero-order valence-electron chi connectivity index (χ0n) is 13.8. The Morgan fingerprint density at radius 3 is 2.12 bits per heavy atom. The van der Waals surface area contributed by atoms with Crippen LogP contribution in [0.4, 0.5) is 5.69 Å². The molecule has 5 rings (SSSR count).